The Balaban J connectivity index is 2.47. The van der Waals surface area contributed by atoms with Crippen LogP contribution in [0.15, 0.2) is 4.99 Å². The van der Waals surface area contributed by atoms with Crippen molar-refractivity contribution >= 4 is 11.7 Å². The van der Waals surface area contributed by atoms with Gasteiger partial charge in [0.2, 0.25) is 0 Å². The fraction of sp³-hybridized carbons (Fsp3) is 0.846. The van der Waals surface area contributed by atoms with Crippen molar-refractivity contribution in [1.82, 2.24) is 5.32 Å². The van der Waals surface area contributed by atoms with Crippen LogP contribution in [-0.4, -0.2) is 24.3 Å². The number of hydrogen-bond acceptors (Lipinski definition) is 2. The Morgan fingerprint density at radius 1 is 1.47 bits per heavy atom. The lowest BCUT2D eigenvalue weighted by Gasteiger charge is -2.37. The van der Waals surface area contributed by atoms with Crippen LogP contribution in [0, 0.1) is 5.41 Å². The lowest BCUT2D eigenvalue weighted by molar-refractivity contribution is 0.193. The zero-order chi connectivity index (χ0) is 12.9. The molecule has 0 unspecified atom stereocenters. The molecule has 0 atom stereocenters. The number of urea groups is 1. The van der Waals surface area contributed by atoms with Crippen molar-refractivity contribution in [2.75, 3.05) is 6.54 Å². The van der Waals surface area contributed by atoms with Crippen molar-refractivity contribution in [3.63, 3.8) is 0 Å². The molecule has 2 amide bonds. The van der Waals surface area contributed by atoms with E-state index in [0.29, 0.717) is 6.04 Å². The molecular weight excluding hydrogens is 214 g/mol. The largest absolute Gasteiger partial charge is 0.350 e. The molecule has 4 heteroatoms. The number of aliphatic imine (C=N–C) groups is 1. The zero-order valence-corrected chi connectivity index (χ0v) is 11.3. The summed E-state index contributed by atoms with van der Waals surface area (Å²) < 4.78 is 0. The van der Waals surface area contributed by atoms with Gasteiger partial charge in [-0.2, -0.15) is 0 Å². The highest BCUT2D eigenvalue weighted by Crippen LogP contribution is 2.39. The third kappa shape index (κ3) is 4.86. The van der Waals surface area contributed by atoms with Crippen molar-refractivity contribution in [2.24, 2.45) is 16.1 Å². The van der Waals surface area contributed by atoms with Gasteiger partial charge in [-0.15, -0.1) is 0 Å². The second-order valence-electron chi connectivity index (χ2n) is 5.50. The first-order valence-electron chi connectivity index (χ1n) is 6.52. The number of primary amides is 1. The molecule has 3 N–H and O–H groups in total. The van der Waals surface area contributed by atoms with Gasteiger partial charge in [0.25, 0.3) is 0 Å². The molecule has 4 nitrogen and oxygen atoms in total. The number of carbonyl (C=O) groups excluding carboxylic acids is 1. The first-order valence-corrected chi connectivity index (χ1v) is 6.52. The second kappa shape index (κ2) is 6.15. The van der Waals surface area contributed by atoms with Crippen LogP contribution in [0.1, 0.15) is 52.9 Å². The summed E-state index contributed by atoms with van der Waals surface area (Å²) in [6.45, 7) is 7.38. The molecule has 0 aromatic rings. The summed E-state index contributed by atoms with van der Waals surface area (Å²) in [6.07, 6.45) is 5.70. The number of carbonyl (C=O) groups is 1. The van der Waals surface area contributed by atoms with E-state index < -0.39 is 6.03 Å². The van der Waals surface area contributed by atoms with E-state index in [-0.39, 0.29) is 5.41 Å². The molecule has 0 spiro atoms. The number of hydrogen-bond donors (Lipinski definition) is 2. The summed E-state index contributed by atoms with van der Waals surface area (Å²) in [4.78, 5) is 14.5. The van der Waals surface area contributed by atoms with Crippen LogP contribution in [0.4, 0.5) is 4.79 Å². The third-order valence-corrected chi connectivity index (χ3v) is 3.67. The summed E-state index contributed by atoms with van der Waals surface area (Å²) in [5.41, 5.74) is 6.22. The number of rotatable bonds is 4. The molecule has 0 heterocycles. The summed E-state index contributed by atoms with van der Waals surface area (Å²) >= 11 is 0. The minimum absolute atomic E-state index is 0.287. The topological polar surface area (TPSA) is 67.5 Å². The SMILES string of the molecule is CCNC1CCC(C)(CC(C)=NC(N)=O)CC1. The smallest absolute Gasteiger partial charge is 0.338 e. The highest BCUT2D eigenvalue weighted by Gasteiger charge is 2.31. The molecule has 0 saturated heterocycles. The summed E-state index contributed by atoms with van der Waals surface area (Å²) in [5, 5.41) is 3.50. The average Bonchev–Trinajstić information content (AvgIpc) is 2.20. The molecule has 1 aliphatic carbocycles. The summed E-state index contributed by atoms with van der Waals surface area (Å²) in [5.74, 6) is 0. The van der Waals surface area contributed by atoms with Crippen LogP contribution in [0.5, 0.6) is 0 Å². The average molecular weight is 239 g/mol. The Morgan fingerprint density at radius 2 is 2.06 bits per heavy atom. The first kappa shape index (κ1) is 14.2. The van der Waals surface area contributed by atoms with Gasteiger partial charge < -0.3 is 11.1 Å². The maximum atomic E-state index is 10.7. The molecule has 1 aliphatic rings. The van der Waals surface area contributed by atoms with Gasteiger partial charge in [-0.25, -0.2) is 9.79 Å². The predicted octanol–water partition coefficient (Wildman–Crippen LogP) is 2.47. The summed E-state index contributed by atoms with van der Waals surface area (Å²) in [7, 11) is 0. The number of amides is 2. The van der Waals surface area contributed by atoms with Crippen LogP contribution in [0.25, 0.3) is 0 Å². The van der Waals surface area contributed by atoms with Gasteiger partial charge in [0, 0.05) is 11.8 Å². The van der Waals surface area contributed by atoms with Crippen LogP contribution in [-0.2, 0) is 0 Å². The third-order valence-electron chi connectivity index (χ3n) is 3.67. The fourth-order valence-corrected chi connectivity index (χ4v) is 2.83. The molecule has 1 fully saturated rings. The van der Waals surface area contributed by atoms with Crippen LogP contribution < -0.4 is 11.1 Å². The first-order chi connectivity index (χ1) is 7.95. The zero-order valence-electron chi connectivity index (χ0n) is 11.3. The number of nitrogens with one attached hydrogen (secondary N) is 1. The van der Waals surface area contributed by atoms with Crippen molar-refractivity contribution in [3.8, 4) is 0 Å². The number of nitrogens with two attached hydrogens (primary N) is 1. The van der Waals surface area contributed by atoms with Gasteiger partial charge in [-0.1, -0.05) is 13.8 Å². The van der Waals surface area contributed by atoms with Gasteiger partial charge in [-0.3, -0.25) is 0 Å². The molecule has 0 radical (unpaired) electrons. The summed E-state index contributed by atoms with van der Waals surface area (Å²) in [6, 6.07) is 0.0916. The Bertz CT molecular complexity index is 291. The van der Waals surface area contributed by atoms with E-state index in [4.69, 9.17) is 5.73 Å². The van der Waals surface area contributed by atoms with E-state index in [1.165, 1.54) is 25.7 Å². The standard InChI is InChI=1S/C13H25N3O/c1-4-15-11-5-7-13(3,8-6-11)9-10(2)16-12(14)17/h11,15H,4-9H2,1-3H3,(H2,14,17). The van der Waals surface area contributed by atoms with Crippen molar-refractivity contribution in [1.29, 1.82) is 0 Å². The van der Waals surface area contributed by atoms with Gasteiger partial charge in [-0.05, 0) is 51.0 Å². The van der Waals surface area contributed by atoms with E-state index in [1.54, 1.807) is 0 Å². The second-order valence-corrected chi connectivity index (χ2v) is 5.50. The van der Waals surface area contributed by atoms with E-state index in [1.807, 2.05) is 6.92 Å². The molecule has 0 bridgehead atoms. The molecule has 1 rings (SSSR count). The number of nitrogens with zero attached hydrogens (tertiary/aromatic N) is 1. The maximum Gasteiger partial charge on any atom is 0.338 e. The van der Waals surface area contributed by atoms with Gasteiger partial charge in [0.05, 0.1) is 0 Å². The molecule has 0 aromatic carbocycles. The minimum atomic E-state index is -0.576. The molecule has 98 valence electrons. The highest BCUT2D eigenvalue weighted by molar-refractivity contribution is 5.93. The minimum Gasteiger partial charge on any atom is -0.350 e. The monoisotopic (exact) mass is 239 g/mol. The molecular formula is C13H25N3O. The fourth-order valence-electron chi connectivity index (χ4n) is 2.83. The van der Waals surface area contributed by atoms with Gasteiger partial charge >= 0.3 is 6.03 Å². The maximum absolute atomic E-state index is 10.7. The lowest BCUT2D eigenvalue weighted by Crippen LogP contribution is -2.37. The molecule has 1 saturated carbocycles. The highest BCUT2D eigenvalue weighted by atomic mass is 16.2. The van der Waals surface area contributed by atoms with Crippen molar-refractivity contribution in [2.45, 2.75) is 58.9 Å². The quantitative estimate of drug-likeness (QED) is 0.740. The van der Waals surface area contributed by atoms with Crippen LogP contribution in [0.3, 0.4) is 0 Å². The van der Waals surface area contributed by atoms with Crippen molar-refractivity contribution < 1.29 is 4.79 Å². The molecule has 0 aromatic heterocycles. The Kier molecular flexibility index (Phi) is 5.12. The van der Waals surface area contributed by atoms with E-state index >= 15 is 0 Å². The van der Waals surface area contributed by atoms with Gasteiger partial charge in [0.1, 0.15) is 0 Å². The van der Waals surface area contributed by atoms with E-state index in [2.05, 4.69) is 24.2 Å². The Labute approximate surface area is 104 Å². The van der Waals surface area contributed by atoms with E-state index in [9.17, 15) is 4.79 Å². The van der Waals surface area contributed by atoms with Crippen LogP contribution in [0.2, 0.25) is 0 Å². The predicted molar refractivity (Wildman–Crippen MR) is 71.3 cm³/mol. The van der Waals surface area contributed by atoms with Gasteiger partial charge in [0.15, 0.2) is 0 Å². The lowest BCUT2D eigenvalue weighted by atomic mass is 9.71. The molecule has 17 heavy (non-hydrogen) atoms. The normalized spacial score (nSPS) is 30.3. The van der Waals surface area contributed by atoms with E-state index in [0.717, 1.165) is 18.7 Å². The molecule has 0 aliphatic heterocycles. The Hall–Kier alpha value is -0.900. The van der Waals surface area contributed by atoms with Crippen molar-refractivity contribution in [3.05, 3.63) is 0 Å². The Morgan fingerprint density at radius 3 is 2.53 bits per heavy atom. The van der Waals surface area contributed by atoms with Crippen LogP contribution >= 0.6 is 0 Å².